The van der Waals surface area contributed by atoms with Gasteiger partial charge in [0, 0.05) is 24.7 Å². The molecule has 1 aliphatic rings. The van der Waals surface area contributed by atoms with Gasteiger partial charge in [0.15, 0.2) is 9.84 Å². The van der Waals surface area contributed by atoms with Crippen molar-refractivity contribution in [1.82, 2.24) is 0 Å². The van der Waals surface area contributed by atoms with Gasteiger partial charge < -0.3 is 15.6 Å². The van der Waals surface area contributed by atoms with Gasteiger partial charge in [0.1, 0.15) is 11.8 Å². The quantitative estimate of drug-likeness (QED) is 0.315. The van der Waals surface area contributed by atoms with E-state index >= 15 is 0 Å². The Morgan fingerprint density at radius 1 is 0.976 bits per heavy atom. The molecule has 8 nitrogen and oxygen atoms in total. The minimum atomic E-state index is -4.55. The fourth-order valence-electron chi connectivity index (χ4n) is 4.98. The molecule has 224 valence electrons. The van der Waals surface area contributed by atoms with Crippen LogP contribution in [0.2, 0.25) is 0 Å². The van der Waals surface area contributed by atoms with Crippen molar-refractivity contribution in [3.8, 4) is 0 Å². The van der Waals surface area contributed by atoms with Gasteiger partial charge in [-0.15, -0.1) is 0 Å². The summed E-state index contributed by atoms with van der Waals surface area (Å²) in [6.45, 7) is -0.0579. The molecule has 1 fully saturated rings. The Hall–Kier alpha value is -3.25. The van der Waals surface area contributed by atoms with Crippen LogP contribution in [-0.2, 0) is 35.1 Å². The summed E-state index contributed by atoms with van der Waals surface area (Å²) in [6, 6.07) is 11.4. The molecule has 0 radical (unpaired) electrons. The molecule has 0 bridgehead atoms. The zero-order valence-electron chi connectivity index (χ0n) is 22.4. The number of ether oxygens (including phenoxy) is 1. The van der Waals surface area contributed by atoms with Gasteiger partial charge in [-0.3, -0.25) is 14.4 Å². The van der Waals surface area contributed by atoms with Crippen LogP contribution in [0.3, 0.4) is 0 Å². The molecule has 2 atom stereocenters. The van der Waals surface area contributed by atoms with Crippen LogP contribution in [0.5, 0.6) is 0 Å². The predicted octanol–water partition coefficient (Wildman–Crippen LogP) is 4.76. The standard InChI is InChI=1S/C29H34F3NO7S/c30-29(31,32)23-10-12-24(13-11-23)41(38,39)18-19-6-8-21(9-7-19)26(34)16-22(20-4-2-1-3-5-20)17-40-27(35)15-14-25(33)28(36)37/h1-5,10-13,19,21-22,25H,6-9,14-18,33H2,(H,36,37)/t19?,21?,22-,25-/m1/s1. The fourth-order valence-corrected chi connectivity index (χ4v) is 6.68. The van der Waals surface area contributed by atoms with Gasteiger partial charge in [0.25, 0.3) is 0 Å². The third-order valence-corrected chi connectivity index (χ3v) is 9.34. The highest BCUT2D eigenvalue weighted by atomic mass is 32.2. The van der Waals surface area contributed by atoms with Gasteiger partial charge in [-0.25, -0.2) is 8.42 Å². The monoisotopic (exact) mass is 597 g/mol. The number of ketones is 1. The van der Waals surface area contributed by atoms with E-state index in [1.54, 1.807) is 0 Å². The fraction of sp³-hybridized carbons (Fsp3) is 0.483. The number of benzene rings is 2. The lowest BCUT2D eigenvalue weighted by Crippen LogP contribution is -2.31. The van der Waals surface area contributed by atoms with Crippen LogP contribution in [0.1, 0.15) is 62.0 Å². The van der Waals surface area contributed by atoms with Crippen molar-refractivity contribution < 1.29 is 45.8 Å². The zero-order chi connectivity index (χ0) is 30.2. The Morgan fingerprint density at radius 3 is 2.15 bits per heavy atom. The van der Waals surface area contributed by atoms with Crippen molar-refractivity contribution in [3.05, 3.63) is 65.7 Å². The summed E-state index contributed by atoms with van der Waals surface area (Å²) < 4.78 is 69.4. The molecule has 12 heteroatoms. The number of hydrogen-bond donors (Lipinski definition) is 2. The first kappa shape index (κ1) is 32.3. The Bertz CT molecular complexity index is 1290. The molecule has 0 aliphatic heterocycles. The van der Waals surface area contributed by atoms with Gasteiger partial charge in [-0.1, -0.05) is 30.3 Å². The number of nitrogens with two attached hydrogens (primary N) is 1. The number of halogens is 3. The lowest BCUT2D eigenvalue weighted by Gasteiger charge is -2.28. The number of Topliss-reactive ketones (excluding diaryl/α,β-unsaturated/α-hetero) is 1. The molecular weight excluding hydrogens is 563 g/mol. The van der Waals surface area contributed by atoms with E-state index in [4.69, 9.17) is 15.6 Å². The number of sulfone groups is 1. The van der Waals surface area contributed by atoms with E-state index in [-0.39, 0.29) is 54.1 Å². The number of esters is 1. The van der Waals surface area contributed by atoms with Crippen LogP contribution in [0.15, 0.2) is 59.5 Å². The van der Waals surface area contributed by atoms with Gasteiger partial charge >= 0.3 is 18.1 Å². The molecule has 1 saturated carbocycles. The number of carboxylic acids is 1. The molecule has 0 amide bonds. The molecule has 0 heterocycles. The maximum absolute atomic E-state index is 13.2. The summed E-state index contributed by atoms with van der Waals surface area (Å²) in [5.41, 5.74) is 5.33. The number of aliphatic carboxylic acids is 1. The number of alkyl halides is 3. The Balaban J connectivity index is 1.54. The number of carboxylic acid groups (broad SMARTS) is 1. The van der Waals surface area contributed by atoms with E-state index < -0.39 is 45.5 Å². The molecule has 2 aromatic carbocycles. The predicted molar refractivity (Wildman–Crippen MR) is 144 cm³/mol. The molecule has 0 unspecified atom stereocenters. The second kappa shape index (κ2) is 14.1. The molecule has 3 N–H and O–H groups in total. The molecule has 0 saturated heterocycles. The van der Waals surface area contributed by atoms with E-state index in [2.05, 4.69) is 0 Å². The number of hydrogen-bond acceptors (Lipinski definition) is 7. The third kappa shape index (κ3) is 9.67. The van der Waals surface area contributed by atoms with Crippen molar-refractivity contribution in [2.24, 2.45) is 17.6 Å². The third-order valence-electron chi connectivity index (χ3n) is 7.44. The first-order valence-electron chi connectivity index (χ1n) is 13.4. The molecule has 0 aromatic heterocycles. The summed E-state index contributed by atoms with van der Waals surface area (Å²) in [5.74, 6) is -2.94. The molecule has 2 aromatic rings. The first-order valence-corrected chi connectivity index (χ1v) is 15.0. The Labute approximate surface area is 237 Å². The van der Waals surface area contributed by atoms with Crippen molar-refractivity contribution >= 4 is 27.6 Å². The maximum atomic E-state index is 13.2. The maximum Gasteiger partial charge on any atom is 0.416 e. The highest BCUT2D eigenvalue weighted by Crippen LogP contribution is 2.35. The largest absolute Gasteiger partial charge is 0.480 e. The second-order valence-corrected chi connectivity index (χ2v) is 12.5. The molecular formula is C29H34F3NO7S. The van der Waals surface area contributed by atoms with Crippen molar-refractivity contribution in [1.29, 1.82) is 0 Å². The molecule has 1 aliphatic carbocycles. The normalized spacial score (nSPS) is 19.2. The van der Waals surface area contributed by atoms with Gasteiger partial charge in [0.05, 0.1) is 22.8 Å². The minimum absolute atomic E-state index is 0.0214. The average Bonchev–Trinajstić information content (AvgIpc) is 2.94. The highest BCUT2D eigenvalue weighted by molar-refractivity contribution is 7.91. The topological polar surface area (TPSA) is 141 Å². The zero-order valence-corrected chi connectivity index (χ0v) is 23.2. The lowest BCUT2D eigenvalue weighted by molar-refractivity contribution is -0.145. The first-order chi connectivity index (χ1) is 19.3. The summed E-state index contributed by atoms with van der Waals surface area (Å²) in [6.07, 6.45) is -2.71. The Kier molecular flexibility index (Phi) is 11.1. The van der Waals surface area contributed by atoms with Crippen LogP contribution in [0.25, 0.3) is 0 Å². The summed E-state index contributed by atoms with van der Waals surface area (Å²) >= 11 is 0. The van der Waals surface area contributed by atoms with Gasteiger partial charge in [0.2, 0.25) is 0 Å². The van der Waals surface area contributed by atoms with Crippen LogP contribution >= 0.6 is 0 Å². The van der Waals surface area contributed by atoms with E-state index in [9.17, 15) is 36.0 Å². The van der Waals surface area contributed by atoms with Crippen LogP contribution in [-0.4, -0.2) is 49.6 Å². The van der Waals surface area contributed by atoms with E-state index in [0.717, 1.165) is 29.8 Å². The number of rotatable bonds is 13. The van der Waals surface area contributed by atoms with Gasteiger partial charge in [-0.2, -0.15) is 13.2 Å². The van der Waals surface area contributed by atoms with E-state index in [1.165, 1.54) is 0 Å². The summed E-state index contributed by atoms with van der Waals surface area (Å²) in [7, 11) is -3.79. The van der Waals surface area contributed by atoms with E-state index in [0.29, 0.717) is 25.7 Å². The highest BCUT2D eigenvalue weighted by Gasteiger charge is 2.33. The lowest BCUT2D eigenvalue weighted by atomic mass is 9.78. The van der Waals surface area contributed by atoms with Crippen LogP contribution < -0.4 is 5.73 Å². The Morgan fingerprint density at radius 2 is 1.59 bits per heavy atom. The molecule has 0 spiro atoms. The SMILES string of the molecule is N[C@H](CCC(=O)OC[C@@H](CC(=O)C1CCC(CS(=O)(=O)c2ccc(C(F)(F)F)cc2)CC1)c1ccccc1)C(=O)O. The molecule has 3 rings (SSSR count). The average molecular weight is 598 g/mol. The number of carbonyl (C=O) groups is 3. The van der Waals surface area contributed by atoms with Crippen molar-refractivity contribution in [3.63, 3.8) is 0 Å². The summed E-state index contributed by atoms with van der Waals surface area (Å²) in [5, 5.41) is 8.86. The van der Waals surface area contributed by atoms with Crippen LogP contribution in [0.4, 0.5) is 13.2 Å². The van der Waals surface area contributed by atoms with Crippen LogP contribution in [0, 0.1) is 11.8 Å². The molecule has 41 heavy (non-hydrogen) atoms. The minimum Gasteiger partial charge on any atom is -0.480 e. The van der Waals surface area contributed by atoms with Crippen molar-refractivity contribution in [2.45, 2.75) is 68.0 Å². The number of carbonyl (C=O) groups excluding carboxylic acids is 2. The second-order valence-electron chi connectivity index (χ2n) is 10.5. The summed E-state index contributed by atoms with van der Waals surface area (Å²) in [4.78, 5) is 36.1. The smallest absolute Gasteiger partial charge is 0.416 e. The van der Waals surface area contributed by atoms with Crippen molar-refractivity contribution in [2.75, 3.05) is 12.4 Å². The van der Waals surface area contributed by atoms with E-state index in [1.807, 2.05) is 30.3 Å². The van der Waals surface area contributed by atoms with Gasteiger partial charge in [-0.05, 0) is 67.9 Å².